The molecular weight excluding hydrogens is 228 g/mol. The van der Waals surface area contributed by atoms with Crippen molar-refractivity contribution < 1.29 is 14.7 Å². The smallest absolute Gasteiger partial charge is 0.325 e. The molecule has 92 valence electrons. The molecule has 0 aromatic heterocycles. The Bertz CT molecular complexity index is 254. The van der Waals surface area contributed by atoms with Crippen LogP contribution in [0.5, 0.6) is 0 Å². The van der Waals surface area contributed by atoms with E-state index < -0.39 is 18.0 Å². The molecule has 3 N–H and O–H groups in total. The Morgan fingerprint density at radius 1 is 1.50 bits per heavy atom. The summed E-state index contributed by atoms with van der Waals surface area (Å²) in [6.45, 7) is 2.06. The summed E-state index contributed by atoms with van der Waals surface area (Å²) >= 11 is 1.87. The molecule has 0 aromatic rings. The van der Waals surface area contributed by atoms with Crippen molar-refractivity contribution in [3.05, 3.63) is 0 Å². The van der Waals surface area contributed by atoms with Gasteiger partial charge in [-0.3, -0.25) is 4.79 Å². The summed E-state index contributed by atoms with van der Waals surface area (Å²) in [5, 5.41) is 14.1. The lowest BCUT2D eigenvalue weighted by molar-refractivity contribution is -0.138. The summed E-state index contributed by atoms with van der Waals surface area (Å²) in [6, 6.07) is -1.25. The third-order valence-electron chi connectivity index (χ3n) is 2.48. The highest BCUT2D eigenvalue weighted by atomic mass is 32.2. The van der Waals surface area contributed by atoms with Crippen molar-refractivity contribution in [1.82, 2.24) is 10.6 Å². The maximum atomic E-state index is 11.3. The Labute approximate surface area is 99.4 Å². The third kappa shape index (κ3) is 4.74. The molecule has 0 radical (unpaired) electrons. The number of thioether (sulfide) groups is 1. The molecule has 1 aliphatic rings. The minimum absolute atomic E-state index is 0.402. The lowest BCUT2D eigenvalue weighted by Crippen LogP contribution is -2.46. The van der Waals surface area contributed by atoms with Crippen LogP contribution in [-0.4, -0.2) is 40.7 Å². The minimum atomic E-state index is -1.03. The standard InChI is InChI=1S/C10H18N2O3S/c1-7(9(13)14)12-10(15)11-6-8-4-2-3-5-16-8/h7-8H,2-6H2,1H3,(H,13,14)(H2,11,12,15)/t7-,8?/m1/s1. The van der Waals surface area contributed by atoms with Crippen molar-refractivity contribution in [2.45, 2.75) is 37.5 Å². The predicted octanol–water partition coefficient (Wildman–Crippen LogP) is 1.04. The zero-order chi connectivity index (χ0) is 12.0. The number of carbonyl (C=O) groups excluding carboxylic acids is 1. The average molecular weight is 246 g/mol. The van der Waals surface area contributed by atoms with Gasteiger partial charge < -0.3 is 15.7 Å². The Balaban J connectivity index is 2.16. The van der Waals surface area contributed by atoms with Crippen LogP contribution in [0.25, 0.3) is 0 Å². The van der Waals surface area contributed by atoms with Gasteiger partial charge in [0.1, 0.15) is 6.04 Å². The van der Waals surface area contributed by atoms with Crippen LogP contribution in [0, 0.1) is 0 Å². The summed E-state index contributed by atoms with van der Waals surface area (Å²) < 4.78 is 0. The first-order chi connectivity index (χ1) is 7.59. The van der Waals surface area contributed by atoms with Crippen LogP contribution in [-0.2, 0) is 4.79 Å². The van der Waals surface area contributed by atoms with Gasteiger partial charge in [0, 0.05) is 11.8 Å². The number of aliphatic carboxylic acids is 1. The number of carboxylic acids is 1. The van der Waals surface area contributed by atoms with Crippen LogP contribution in [0.1, 0.15) is 26.2 Å². The summed E-state index contributed by atoms with van der Waals surface area (Å²) in [7, 11) is 0. The fraction of sp³-hybridized carbons (Fsp3) is 0.800. The fourth-order valence-electron chi connectivity index (χ4n) is 1.48. The normalized spacial score (nSPS) is 22.2. The molecule has 0 aromatic carbocycles. The van der Waals surface area contributed by atoms with Crippen LogP contribution >= 0.6 is 11.8 Å². The minimum Gasteiger partial charge on any atom is -0.480 e. The lowest BCUT2D eigenvalue weighted by atomic mass is 10.2. The number of hydrogen-bond acceptors (Lipinski definition) is 3. The van der Waals surface area contributed by atoms with Gasteiger partial charge in [0.25, 0.3) is 0 Å². The van der Waals surface area contributed by atoms with E-state index in [2.05, 4.69) is 10.6 Å². The van der Waals surface area contributed by atoms with Crippen LogP contribution < -0.4 is 10.6 Å². The zero-order valence-corrected chi connectivity index (χ0v) is 10.2. The fourth-order valence-corrected chi connectivity index (χ4v) is 2.72. The van der Waals surface area contributed by atoms with E-state index in [1.807, 2.05) is 11.8 Å². The van der Waals surface area contributed by atoms with Crippen LogP contribution in [0.2, 0.25) is 0 Å². The molecule has 5 nitrogen and oxygen atoms in total. The van der Waals surface area contributed by atoms with Crippen molar-refractivity contribution in [3.63, 3.8) is 0 Å². The van der Waals surface area contributed by atoms with Gasteiger partial charge in [-0.25, -0.2) is 4.79 Å². The molecule has 1 saturated heterocycles. The third-order valence-corrected chi connectivity index (χ3v) is 3.88. The van der Waals surface area contributed by atoms with Crippen LogP contribution in [0.3, 0.4) is 0 Å². The van der Waals surface area contributed by atoms with Gasteiger partial charge >= 0.3 is 12.0 Å². The van der Waals surface area contributed by atoms with Crippen molar-refractivity contribution in [2.24, 2.45) is 0 Å². The van der Waals surface area contributed by atoms with Gasteiger partial charge in [-0.05, 0) is 25.5 Å². The monoisotopic (exact) mass is 246 g/mol. The molecular formula is C10H18N2O3S. The molecule has 1 unspecified atom stereocenters. The molecule has 0 aliphatic carbocycles. The SMILES string of the molecule is C[C@@H](NC(=O)NCC1CCCCS1)C(=O)O. The first-order valence-corrected chi connectivity index (χ1v) is 6.53. The molecule has 1 rings (SSSR count). The Morgan fingerprint density at radius 2 is 2.25 bits per heavy atom. The molecule has 6 heteroatoms. The highest BCUT2D eigenvalue weighted by molar-refractivity contribution is 7.99. The van der Waals surface area contributed by atoms with Gasteiger partial charge in [-0.2, -0.15) is 11.8 Å². The molecule has 0 spiro atoms. The molecule has 0 bridgehead atoms. The first kappa shape index (κ1) is 13.2. The van der Waals surface area contributed by atoms with Crippen molar-refractivity contribution in [3.8, 4) is 0 Å². The molecule has 2 atom stereocenters. The van der Waals surface area contributed by atoms with E-state index in [0.717, 1.165) is 12.2 Å². The van der Waals surface area contributed by atoms with E-state index in [0.29, 0.717) is 11.8 Å². The van der Waals surface area contributed by atoms with E-state index in [9.17, 15) is 9.59 Å². The quantitative estimate of drug-likeness (QED) is 0.692. The molecule has 2 amide bonds. The van der Waals surface area contributed by atoms with Gasteiger partial charge in [0.2, 0.25) is 0 Å². The van der Waals surface area contributed by atoms with E-state index >= 15 is 0 Å². The zero-order valence-electron chi connectivity index (χ0n) is 9.36. The van der Waals surface area contributed by atoms with Crippen molar-refractivity contribution in [1.29, 1.82) is 0 Å². The number of hydrogen-bond donors (Lipinski definition) is 3. The molecule has 0 saturated carbocycles. The second-order valence-corrected chi connectivity index (χ2v) is 5.31. The van der Waals surface area contributed by atoms with Gasteiger partial charge in [0.15, 0.2) is 0 Å². The number of rotatable bonds is 4. The number of carbonyl (C=O) groups is 2. The lowest BCUT2D eigenvalue weighted by Gasteiger charge is -2.21. The van der Waals surface area contributed by atoms with Gasteiger partial charge in [0.05, 0.1) is 0 Å². The van der Waals surface area contributed by atoms with Gasteiger partial charge in [-0.15, -0.1) is 0 Å². The molecule has 1 aliphatic heterocycles. The maximum absolute atomic E-state index is 11.3. The second-order valence-electron chi connectivity index (χ2n) is 3.90. The first-order valence-electron chi connectivity index (χ1n) is 5.48. The van der Waals surface area contributed by atoms with Crippen molar-refractivity contribution in [2.75, 3.05) is 12.3 Å². The topological polar surface area (TPSA) is 78.4 Å². The average Bonchev–Trinajstić information content (AvgIpc) is 2.27. The molecule has 16 heavy (non-hydrogen) atoms. The Morgan fingerprint density at radius 3 is 2.81 bits per heavy atom. The predicted molar refractivity (Wildman–Crippen MR) is 63.7 cm³/mol. The highest BCUT2D eigenvalue weighted by Crippen LogP contribution is 2.24. The number of amides is 2. The summed E-state index contributed by atoms with van der Waals surface area (Å²) in [6.07, 6.45) is 3.59. The Hall–Kier alpha value is -0.910. The van der Waals surface area contributed by atoms with Crippen LogP contribution in [0.4, 0.5) is 4.79 Å². The molecule has 1 fully saturated rings. The summed E-state index contributed by atoms with van der Waals surface area (Å²) in [4.78, 5) is 21.8. The largest absolute Gasteiger partial charge is 0.480 e. The highest BCUT2D eigenvalue weighted by Gasteiger charge is 2.17. The summed E-state index contributed by atoms with van der Waals surface area (Å²) in [5.74, 6) is 0.127. The van der Waals surface area contributed by atoms with E-state index in [1.54, 1.807) is 0 Å². The van der Waals surface area contributed by atoms with Gasteiger partial charge in [-0.1, -0.05) is 6.42 Å². The van der Waals surface area contributed by atoms with Crippen LogP contribution in [0.15, 0.2) is 0 Å². The number of carboxylic acid groups (broad SMARTS) is 1. The Kier molecular flexibility index (Phi) is 5.45. The summed E-state index contributed by atoms with van der Waals surface area (Å²) in [5.41, 5.74) is 0. The van der Waals surface area contributed by atoms with E-state index in [-0.39, 0.29) is 0 Å². The number of urea groups is 1. The number of nitrogens with one attached hydrogen (secondary N) is 2. The molecule has 1 heterocycles. The van der Waals surface area contributed by atoms with Crippen molar-refractivity contribution >= 4 is 23.8 Å². The van der Waals surface area contributed by atoms with E-state index in [4.69, 9.17) is 5.11 Å². The maximum Gasteiger partial charge on any atom is 0.325 e. The van der Waals surface area contributed by atoms with E-state index in [1.165, 1.54) is 19.8 Å². The second kappa shape index (κ2) is 6.62.